The maximum atomic E-state index is 12.6. The minimum atomic E-state index is -3.56. The van der Waals surface area contributed by atoms with Crippen LogP contribution in [0.15, 0.2) is 106 Å². The minimum absolute atomic E-state index is 0.000308. The van der Waals surface area contributed by atoms with E-state index in [1.54, 1.807) is 48.5 Å². The van der Waals surface area contributed by atoms with Gasteiger partial charge < -0.3 is 9.15 Å². The number of hydrogen-bond acceptors (Lipinski definition) is 6. The Hall–Kier alpha value is -4.37. The number of sulfone groups is 1. The van der Waals surface area contributed by atoms with Crippen LogP contribution in [0.3, 0.4) is 0 Å². The zero-order chi connectivity index (χ0) is 24.7. The van der Waals surface area contributed by atoms with Crippen molar-refractivity contribution in [2.45, 2.75) is 17.3 Å². The van der Waals surface area contributed by atoms with Crippen LogP contribution in [-0.2, 0) is 22.2 Å². The molecule has 2 amide bonds. The second-order valence-corrected chi connectivity index (χ2v) is 9.54. The molecule has 0 unspecified atom stereocenters. The fraction of sp³-hybridized carbons (Fsp3) is 0.0769. The molecule has 0 fully saturated rings. The molecule has 0 bridgehead atoms. The van der Waals surface area contributed by atoms with Crippen molar-refractivity contribution in [3.05, 3.63) is 120 Å². The molecule has 3 aromatic carbocycles. The molecule has 4 aromatic rings. The number of para-hydroxylation sites is 1. The summed E-state index contributed by atoms with van der Waals surface area (Å²) in [7, 11) is -3.56. The minimum Gasteiger partial charge on any atom is -0.486 e. The Balaban J connectivity index is 1.32. The Morgan fingerprint density at radius 3 is 2.20 bits per heavy atom. The van der Waals surface area contributed by atoms with Crippen molar-refractivity contribution in [3.8, 4) is 5.75 Å². The third-order valence-electron chi connectivity index (χ3n) is 4.95. The summed E-state index contributed by atoms with van der Waals surface area (Å²) in [4.78, 5) is 25.0. The van der Waals surface area contributed by atoms with E-state index in [0.717, 1.165) is 0 Å². The summed E-state index contributed by atoms with van der Waals surface area (Å²) in [6, 6.07) is 26.5. The molecule has 2 N–H and O–H groups in total. The lowest BCUT2D eigenvalue weighted by atomic mass is 10.1. The van der Waals surface area contributed by atoms with Crippen molar-refractivity contribution in [1.29, 1.82) is 0 Å². The van der Waals surface area contributed by atoms with Gasteiger partial charge in [0, 0.05) is 5.56 Å². The van der Waals surface area contributed by atoms with E-state index >= 15 is 0 Å². The van der Waals surface area contributed by atoms with E-state index in [9.17, 15) is 18.0 Å². The van der Waals surface area contributed by atoms with Crippen LogP contribution in [0.25, 0.3) is 0 Å². The summed E-state index contributed by atoms with van der Waals surface area (Å²) < 4.78 is 36.3. The molecule has 0 aliphatic heterocycles. The van der Waals surface area contributed by atoms with Crippen molar-refractivity contribution in [1.82, 2.24) is 10.9 Å². The lowest BCUT2D eigenvalue weighted by molar-refractivity contribution is 0.0828. The van der Waals surface area contributed by atoms with Gasteiger partial charge in [-0.15, -0.1) is 0 Å². The number of nitrogens with one attached hydrogen (secondary N) is 2. The molecular weight excluding hydrogens is 468 g/mol. The Morgan fingerprint density at radius 1 is 0.771 bits per heavy atom. The molecule has 8 nitrogen and oxygen atoms in total. The van der Waals surface area contributed by atoms with Gasteiger partial charge in [0.1, 0.15) is 18.1 Å². The van der Waals surface area contributed by atoms with E-state index in [-0.39, 0.29) is 28.6 Å². The van der Waals surface area contributed by atoms with Gasteiger partial charge in [-0.3, -0.25) is 20.4 Å². The average molecular weight is 491 g/mol. The predicted molar refractivity (Wildman–Crippen MR) is 128 cm³/mol. The number of carbonyl (C=O) groups excluding carboxylic acids is 2. The van der Waals surface area contributed by atoms with Gasteiger partial charge in [-0.25, -0.2) is 8.42 Å². The molecule has 178 valence electrons. The van der Waals surface area contributed by atoms with Crippen molar-refractivity contribution in [3.63, 3.8) is 0 Å². The van der Waals surface area contributed by atoms with Crippen LogP contribution in [0, 0.1) is 0 Å². The van der Waals surface area contributed by atoms with E-state index < -0.39 is 21.7 Å². The summed E-state index contributed by atoms with van der Waals surface area (Å²) >= 11 is 0. The van der Waals surface area contributed by atoms with E-state index in [1.165, 1.54) is 30.3 Å². The number of carbonyl (C=O) groups is 2. The molecule has 0 radical (unpaired) electrons. The van der Waals surface area contributed by atoms with Crippen molar-refractivity contribution in [2.75, 3.05) is 0 Å². The topological polar surface area (TPSA) is 115 Å². The molecule has 0 saturated heterocycles. The molecular formula is C26H22N2O6S. The fourth-order valence-electron chi connectivity index (χ4n) is 3.23. The van der Waals surface area contributed by atoms with Gasteiger partial charge in [0.25, 0.3) is 5.91 Å². The smallest absolute Gasteiger partial charge is 0.305 e. The Labute approximate surface area is 202 Å². The maximum Gasteiger partial charge on any atom is 0.305 e. The summed E-state index contributed by atoms with van der Waals surface area (Å²) in [5.74, 6) is -0.396. The first-order chi connectivity index (χ1) is 16.9. The van der Waals surface area contributed by atoms with Crippen LogP contribution in [0.5, 0.6) is 5.75 Å². The van der Waals surface area contributed by atoms with Crippen molar-refractivity contribution >= 4 is 21.7 Å². The second kappa shape index (κ2) is 10.7. The number of rotatable bonds is 8. The summed E-state index contributed by atoms with van der Waals surface area (Å²) in [6.45, 7) is 0.141. The van der Waals surface area contributed by atoms with Gasteiger partial charge in [-0.2, -0.15) is 0 Å². The SMILES string of the molecule is O=C(NNC(=O)c1ccc(COc2ccccc2)o1)c1cccc(CS(=O)(=O)c2ccccc2)c1. The highest BCUT2D eigenvalue weighted by Gasteiger charge is 2.17. The average Bonchev–Trinajstić information content (AvgIpc) is 3.36. The monoisotopic (exact) mass is 490 g/mol. The number of hydrazine groups is 1. The number of ether oxygens (including phenoxy) is 1. The highest BCUT2D eigenvalue weighted by molar-refractivity contribution is 7.90. The molecule has 1 aromatic heterocycles. The molecule has 9 heteroatoms. The molecule has 0 aliphatic rings. The highest BCUT2D eigenvalue weighted by Crippen LogP contribution is 2.17. The maximum absolute atomic E-state index is 12.6. The molecule has 0 atom stereocenters. The Bertz CT molecular complexity index is 1420. The van der Waals surface area contributed by atoms with Crippen LogP contribution in [0.2, 0.25) is 0 Å². The third kappa shape index (κ3) is 6.36. The first kappa shape index (κ1) is 23.8. The highest BCUT2D eigenvalue weighted by atomic mass is 32.2. The number of furan rings is 1. The number of benzene rings is 3. The van der Waals surface area contributed by atoms with Crippen molar-refractivity contribution in [2.24, 2.45) is 0 Å². The molecule has 1 heterocycles. The second-order valence-electron chi connectivity index (χ2n) is 7.55. The molecule has 0 saturated carbocycles. The van der Waals surface area contributed by atoms with E-state index in [2.05, 4.69) is 10.9 Å². The first-order valence-electron chi connectivity index (χ1n) is 10.6. The Kier molecular flexibility index (Phi) is 7.27. The lowest BCUT2D eigenvalue weighted by Crippen LogP contribution is -2.41. The Morgan fingerprint density at radius 2 is 1.46 bits per heavy atom. The van der Waals surface area contributed by atoms with E-state index in [0.29, 0.717) is 17.1 Å². The molecule has 0 aliphatic carbocycles. The van der Waals surface area contributed by atoms with Crippen LogP contribution in [0.1, 0.15) is 32.2 Å². The first-order valence-corrected chi connectivity index (χ1v) is 12.3. The van der Waals surface area contributed by atoms with E-state index in [1.807, 2.05) is 18.2 Å². The van der Waals surface area contributed by atoms with Crippen LogP contribution < -0.4 is 15.6 Å². The normalized spacial score (nSPS) is 11.0. The molecule has 35 heavy (non-hydrogen) atoms. The molecule has 4 rings (SSSR count). The van der Waals surface area contributed by atoms with Gasteiger partial charge in [0.2, 0.25) is 0 Å². The van der Waals surface area contributed by atoms with Gasteiger partial charge in [0.05, 0.1) is 10.6 Å². The van der Waals surface area contributed by atoms with Gasteiger partial charge in [0.15, 0.2) is 15.6 Å². The third-order valence-corrected chi connectivity index (χ3v) is 6.65. The lowest BCUT2D eigenvalue weighted by Gasteiger charge is -2.08. The van der Waals surface area contributed by atoms with Crippen molar-refractivity contribution < 1.29 is 27.2 Å². The largest absolute Gasteiger partial charge is 0.486 e. The number of amides is 2. The summed E-state index contributed by atoms with van der Waals surface area (Å²) in [5.41, 5.74) is 5.24. The van der Waals surface area contributed by atoms with Crippen LogP contribution in [-0.4, -0.2) is 20.2 Å². The zero-order valence-electron chi connectivity index (χ0n) is 18.5. The fourth-order valence-corrected chi connectivity index (χ4v) is 4.59. The number of hydrogen-bond donors (Lipinski definition) is 2. The summed E-state index contributed by atoms with van der Waals surface area (Å²) in [5, 5.41) is 0. The predicted octanol–water partition coefficient (Wildman–Crippen LogP) is 3.91. The van der Waals surface area contributed by atoms with Crippen LogP contribution >= 0.6 is 0 Å². The zero-order valence-corrected chi connectivity index (χ0v) is 19.3. The van der Waals surface area contributed by atoms with Gasteiger partial charge in [-0.05, 0) is 54.1 Å². The summed E-state index contributed by atoms with van der Waals surface area (Å²) in [6.07, 6.45) is 0. The van der Waals surface area contributed by atoms with Gasteiger partial charge in [-0.1, -0.05) is 48.5 Å². The quantitative estimate of drug-likeness (QED) is 0.362. The van der Waals surface area contributed by atoms with Gasteiger partial charge >= 0.3 is 5.91 Å². The standard InChI is InChI=1S/C26H22N2O6S/c29-25(20-9-7-8-19(16-20)18-35(31,32)23-12-5-2-6-13-23)27-28-26(30)24-15-14-22(34-24)17-33-21-10-3-1-4-11-21/h1-16H,17-18H2,(H,27,29)(H,28,30). The van der Waals surface area contributed by atoms with Crippen LogP contribution in [0.4, 0.5) is 0 Å². The van der Waals surface area contributed by atoms with E-state index in [4.69, 9.17) is 9.15 Å². The molecule has 0 spiro atoms.